The molecule has 2 aliphatic rings. The van der Waals surface area contributed by atoms with Gasteiger partial charge in [0.25, 0.3) is 0 Å². The van der Waals surface area contributed by atoms with E-state index < -0.39 is 60.1 Å². The van der Waals surface area contributed by atoms with Gasteiger partial charge in [-0.3, -0.25) is 4.79 Å². The minimum absolute atomic E-state index is 0.127. The fourth-order valence-electron chi connectivity index (χ4n) is 5.19. The van der Waals surface area contributed by atoms with E-state index in [-0.39, 0.29) is 44.1 Å². The molecule has 1 aliphatic heterocycles. The van der Waals surface area contributed by atoms with E-state index >= 15 is 4.39 Å². The quantitative estimate of drug-likeness (QED) is 0.620. The predicted octanol–water partition coefficient (Wildman–Crippen LogP) is 4.60. The number of nitrogens with one attached hydrogen (secondary N) is 1. The number of rotatable bonds is 4. The SMILES string of the molecule is CNC(=O)C[C@@H]1CC[C@@]2(S(=O)(=O)c3ccc(C(F)(F)F)cc3)c3c(F)ccc(F)c3OC[C@H]2C1. The molecule has 1 fully saturated rings. The maximum atomic E-state index is 15.2. The molecule has 2 aromatic rings. The van der Waals surface area contributed by atoms with Crippen molar-refractivity contribution in [3.8, 4) is 5.75 Å². The average Bonchev–Trinajstić information content (AvgIpc) is 2.80. The van der Waals surface area contributed by atoms with Gasteiger partial charge in [0.2, 0.25) is 5.91 Å². The molecule has 0 unspecified atom stereocenters. The lowest BCUT2D eigenvalue weighted by atomic mass is 9.68. The Morgan fingerprint density at radius 1 is 1.12 bits per heavy atom. The van der Waals surface area contributed by atoms with E-state index in [1.807, 2.05) is 0 Å². The van der Waals surface area contributed by atoms with E-state index in [1.54, 1.807) is 0 Å². The summed E-state index contributed by atoms with van der Waals surface area (Å²) in [6.07, 6.45) is -4.27. The summed E-state index contributed by atoms with van der Waals surface area (Å²) in [7, 11) is -3.04. The standard InChI is InChI=1S/C23H22F5NO4S/c1-29-19(30)11-13-8-9-22(34(31,32)16-4-2-14(3-5-16)23(26,27)28)15(10-13)12-33-21-18(25)7-6-17(24)20(21)22/h2-7,13,15H,8-12H2,1H3,(H,29,30)/t13-,15-,22+/m1/s1. The molecule has 4 rings (SSSR count). The molecule has 11 heteroatoms. The molecule has 1 N–H and O–H groups in total. The van der Waals surface area contributed by atoms with Gasteiger partial charge in [-0.25, -0.2) is 17.2 Å². The lowest BCUT2D eigenvalue weighted by Gasteiger charge is -2.49. The molecule has 0 aromatic heterocycles. The number of carbonyl (C=O) groups excluding carboxylic acids is 1. The zero-order valence-corrected chi connectivity index (χ0v) is 18.9. The minimum Gasteiger partial charge on any atom is -0.490 e. The molecule has 0 radical (unpaired) electrons. The van der Waals surface area contributed by atoms with Crippen LogP contribution in [0.1, 0.15) is 36.8 Å². The molecule has 1 heterocycles. The zero-order valence-electron chi connectivity index (χ0n) is 18.1. The number of ether oxygens (including phenoxy) is 1. The zero-order chi connectivity index (χ0) is 24.9. The van der Waals surface area contributed by atoms with E-state index in [4.69, 9.17) is 4.74 Å². The highest BCUT2D eigenvalue weighted by molar-refractivity contribution is 7.92. The van der Waals surface area contributed by atoms with Crippen molar-refractivity contribution >= 4 is 15.7 Å². The second-order valence-electron chi connectivity index (χ2n) is 8.67. The summed E-state index contributed by atoms with van der Waals surface area (Å²) >= 11 is 0. The van der Waals surface area contributed by atoms with Gasteiger partial charge in [0, 0.05) is 19.4 Å². The van der Waals surface area contributed by atoms with Crippen molar-refractivity contribution in [3.05, 3.63) is 59.2 Å². The van der Waals surface area contributed by atoms with Crippen molar-refractivity contribution in [1.29, 1.82) is 0 Å². The molecule has 0 bridgehead atoms. The summed E-state index contributed by atoms with van der Waals surface area (Å²) in [5.41, 5.74) is -1.47. The summed E-state index contributed by atoms with van der Waals surface area (Å²) in [5, 5.41) is 2.51. The van der Waals surface area contributed by atoms with E-state index in [2.05, 4.69) is 5.32 Å². The third kappa shape index (κ3) is 3.83. The summed E-state index contributed by atoms with van der Waals surface area (Å²) in [6, 6.07) is 4.64. The van der Waals surface area contributed by atoms with Gasteiger partial charge in [0.15, 0.2) is 21.4 Å². The van der Waals surface area contributed by atoms with Crippen molar-refractivity contribution in [2.45, 2.75) is 41.5 Å². The van der Waals surface area contributed by atoms with E-state index in [1.165, 1.54) is 7.05 Å². The Morgan fingerprint density at radius 3 is 2.38 bits per heavy atom. The normalized spacial score (nSPS) is 24.5. The Bertz CT molecular complexity index is 1210. The van der Waals surface area contributed by atoms with Gasteiger partial charge in [-0.05, 0) is 61.6 Å². The Balaban J connectivity index is 1.87. The van der Waals surface area contributed by atoms with Gasteiger partial charge < -0.3 is 10.1 Å². The van der Waals surface area contributed by atoms with Crippen LogP contribution >= 0.6 is 0 Å². The van der Waals surface area contributed by atoms with Crippen LogP contribution in [0.15, 0.2) is 41.3 Å². The third-order valence-corrected chi connectivity index (χ3v) is 9.43. The topological polar surface area (TPSA) is 72.5 Å². The van der Waals surface area contributed by atoms with Crippen LogP contribution < -0.4 is 10.1 Å². The van der Waals surface area contributed by atoms with Crippen LogP contribution in [0.25, 0.3) is 0 Å². The molecular weight excluding hydrogens is 481 g/mol. The summed E-state index contributed by atoms with van der Waals surface area (Å²) in [4.78, 5) is 11.5. The monoisotopic (exact) mass is 503 g/mol. The Labute approximate surface area is 193 Å². The van der Waals surface area contributed by atoms with E-state index in [9.17, 15) is 30.8 Å². The fourth-order valence-corrected chi connectivity index (χ4v) is 7.55. The molecule has 184 valence electrons. The predicted molar refractivity (Wildman–Crippen MR) is 112 cm³/mol. The number of sulfone groups is 1. The van der Waals surface area contributed by atoms with Crippen molar-refractivity contribution in [2.75, 3.05) is 13.7 Å². The van der Waals surface area contributed by atoms with E-state index in [0.717, 1.165) is 24.3 Å². The average molecular weight is 503 g/mol. The molecule has 2 aromatic carbocycles. The second-order valence-corrected chi connectivity index (χ2v) is 10.9. The van der Waals surface area contributed by atoms with Crippen molar-refractivity contribution in [3.63, 3.8) is 0 Å². The number of alkyl halides is 3. The van der Waals surface area contributed by atoms with Crippen LogP contribution in [-0.4, -0.2) is 28.0 Å². The van der Waals surface area contributed by atoms with Crippen LogP contribution in [0, 0.1) is 23.5 Å². The summed E-state index contributed by atoms with van der Waals surface area (Å²) in [6.45, 7) is -0.239. The van der Waals surface area contributed by atoms with Gasteiger partial charge in [-0.2, -0.15) is 13.2 Å². The van der Waals surface area contributed by atoms with Gasteiger partial charge in [-0.1, -0.05) is 0 Å². The molecule has 1 saturated carbocycles. The minimum atomic E-state index is -4.67. The molecular formula is C23H22F5NO4S. The number of amides is 1. The van der Waals surface area contributed by atoms with Crippen molar-refractivity contribution < 1.29 is 39.9 Å². The first-order chi connectivity index (χ1) is 15.9. The van der Waals surface area contributed by atoms with Gasteiger partial charge in [-0.15, -0.1) is 0 Å². The molecule has 1 aliphatic carbocycles. The number of fused-ring (bicyclic) bond motifs is 3. The van der Waals surface area contributed by atoms with Crippen LogP contribution in [0.5, 0.6) is 5.75 Å². The largest absolute Gasteiger partial charge is 0.490 e. The fraction of sp³-hybridized carbons (Fsp3) is 0.435. The van der Waals surface area contributed by atoms with Gasteiger partial charge in [0.1, 0.15) is 10.6 Å². The molecule has 5 nitrogen and oxygen atoms in total. The number of hydrogen-bond donors (Lipinski definition) is 1. The van der Waals surface area contributed by atoms with Crippen LogP contribution in [0.4, 0.5) is 22.0 Å². The smallest absolute Gasteiger partial charge is 0.416 e. The second kappa shape index (κ2) is 8.51. The van der Waals surface area contributed by atoms with Crippen LogP contribution in [0.2, 0.25) is 0 Å². The molecule has 0 spiro atoms. The molecule has 34 heavy (non-hydrogen) atoms. The summed E-state index contributed by atoms with van der Waals surface area (Å²) < 4.78 is 100. The molecule has 0 saturated heterocycles. The number of benzene rings is 2. The Morgan fingerprint density at radius 2 is 1.76 bits per heavy atom. The Kier molecular flexibility index (Phi) is 6.12. The highest BCUT2D eigenvalue weighted by Gasteiger charge is 2.59. The highest BCUT2D eigenvalue weighted by atomic mass is 32.2. The van der Waals surface area contributed by atoms with E-state index in [0.29, 0.717) is 12.1 Å². The molecule has 1 amide bonds. The van der Waals surface area contributed by atoms with Gasteiger partial charge in [0.05, 0.1) is 22.6 Å². The number of hydrogen-bond acceptors (Lipinski definition) is 4. The first kappa shape index (κ1) is 24.4. The van der Waals surface area contributed by atoms with Crippen LogP contribution in [0.3, 0.4) is 0 Å². The van der Waals surface area contributed by atoms with Gasteiger partial charge >= 0.3 is 6.18 Å². The molecule has 3 atom stereocenters. The van der Waals surface area contributed by atoms with Crippen LogP contribution in [-0.2, 0) is 25.6 Å². The first-order valence-corrected chi connectivity index (χ1v) is 12.1. The lowest BCUT2D eigenvalue weighted by molar-refractivity contribution is -0.137. The highest BCUT2D eigenvalue weighted by Crippen LogP contribution is 2.57. The first-order valence-electron chi connectivity index (χ1n) is 10.7. The number of carbonyl (C=O) groups is 1. The van der Waals surface area contributed by atoms with Crippen molar-refractivity contribution in [1.82, 2.24) is 5.32 Å². The maximum absolute atomic E-state index is 15.2. The number of halogens is 5. The Hall–Kier alpha value is -2.69. The summed E-state index contributed by atoms with van der Waals surface area (Å²) in [5.74, 6) is -3.70. The third-order valence-electron chi connectivity index (χ3n) is 6.84. The maximum Gasteiger partial charge on any atom is 0.416 e. The van der Waals surface area contributed by atoms with Crippen molar-refractivity contribution in [2.24, 2.45) is 11.8 Å². The lowest BCUT2D eigenvalue weighted by Crippen LogP contribution is -2.52.